The van der Waals surface area contributed by atoms with Crippen molar-refractivity contribution in [1.82, 2.24) is 0 Å². The van der Waals surface area contributed by atoms with Gasteiger partial charge < -0.3 is 14.9 Å². The monoisotopic (exact) mass is 299 g/mol. The third-order valence-electron chi connectivity index (χ3n) is 2.94. The van der Waals surface area contributed by atoms with Crippen LogP contribution in [0.3, 0.4) is 0 Å². The first-order chi connectivity index (χ1) is 9.63. The van der Waals surface area contributed by atoms with Crippen molar-refractivity contribution < 1.29 is 19.3 Å². The van der Waals surface area contributed by atoms with E-state index < -0.39 is 29.9 Å². The van der Waals surface area contributed by atoms with Gasteiger partial charge in [-0.15, -0.1) is 0 Å². The van der Waals surface area contributed by atoms with E-state index in [-0.39, 0.29) is 6.54 Å². The Morgan fingerprint density at radius 3 is 2.65 bits per heavy atom. The summed E-state index contributed by atoms with van der Waals surface area (Å²) in [5.41, 5.74) is 7.41. The van der Waals surface area contributed by atoms with Crippen molar-refractivity contribution in [3.8, 4) is 0 Å². The molecule has 0 bridgehead atoms. The molecule has 1 heterocycles. The minimum Gasteiger partial charge on any atom is -0.387 e. The van der Waals surface area contributed by atoms with Crippen LogP contribution in [0.25, 0.3) is 10.4 Å². The molecule has 1 saturated heterocycles. The molecular weight excluding hydrogens is 285 g/mol. The number of benzene rings is 1. The highest BCUT2D eigenvalue weighted by atomic mass is 32.2. The maximum atomic E-state index is 13.9. The van der Waals surface area contributed by atoms with Gasteiger partial charge in [0.1, 0.15) is 17.6 Å². The Balaban J connectivity index is 2.09. The zero-order valence-corrected chi connectivity index (χ0v) is 11.2. The molecule has 0 amide bonds. The van der Waals surface area contributed by atoms with Gasteiger partial charge in [0.25, 0.3) is 0 Å². The highest BCUT2D eigenvalue weighted by molar-refractivity contribution is 7.99. The third-order valence-corrected chi connectivity index (χ3v) is 4.11. The minimum absolute atomic E-state index is 0.184. The fourth-order valence-corrected chi connectivity index (χ4v) is 2.96. The van der Waals surface area contributed by atoms with Crippen molar-refractivity contribution in [2.45, 2.75) is 34.8 Å². The summed E-state index contributed by atoms with van der Waals surface area (Å²) in [4.78, 5) is 3.37. The van der Waals surface area contributed by atoms with Crippen molar-refractivity contribution in [2.75, 3.05) is 6.54 Å². The molecule has 20 heavy (non-hydrogen) atoms. The van der Waals surface area contributed by atoms with Crippen LogP contribution in [-0.2, 0) is 4.74 Å². The molecular formula is C12H14FN3O3S. The smallest absolute Gasteiger partial charge is 0.158 e. The number of hydrogen-bond donors (Lipinski definition) is 2. The third kappa shape index (κ3) is 3.41. The van der Waals surface area contributed by atoms with Gasteiger partial charge in [0.2, 0.25) is 0 Å². The van der Waals surface area contributed by atoms with E-state index in [1.807, 2.05) is 30.3 Å². The molecule has 2 rings (SSSR count). The van der Waals surface area contributed by atoms with E-state index in [1.54, 1.807) is 0 Å². The van der Waals surface area contributed by atoms with Gasteiger partial charge in [-0.3, -0.25) is 0 Å². The number of nitrogens with zero attached hydrogens (tertiary/aromatic N) is 3. The lowest BCUT2D eigenvalue weighted by Crippen LogP contribution is -2.55. The molecule has 0 spiro atoms. The van der Waals surface area contributed by atoms with Crippen molar-refractivity contribution in [1.29, 1.82) is 0 Å². The van der Waals surface area contributed by atoms with Crippen molar-refractivity contribution in [2.24, 2.45) is 5.11 Å². The van der Waals surface area contributed by atoms with Crippen LogP contribution in [0, 0.1) is 0 Å². The lowest BCUT2D eigenvalue weighted by molar-refractivity contribution is -0.173. The van der Waals surface area contributed by atoms with E-state index in [0.717, 1.165) is 16.7 Å². The average molecular weight is 299 g/mol. The highest BCUT2D eigenvalue weighted by Crippen LogP contribution is 2.34. The molecule has 1 aliphatic heterocycles. The van der Waals surface area contributed by atoms with E-state index in [1.165, 1.54) is 0 Å². The van der Waals surface area contributed by atoms with Crippen LogP contribution in [0.2, 0.25) is 0 Å². The molecule has 5 unspecified atom stereocenters. The summed E-state index contributed by atoms with van der Waals surface area (Å²) >= 11 is 1.16. The second-order valence-corrected chi connectivity index (χ2v) is 5.48. The predicted molar refractivity (Wildman–Crippen MR) is 71.9 cm³/mol. The number of halogens is 1. The summed E-state index contributed by atoms with van der Waals surface area (Å²) < 4.78 is 19.3. The number of rotatable bonds is 4. The molecule has 1 fully saturated rings. The Morgan fingerprint density at radius 2 is 2.00 bits per heavy atom. The Bertz CT molecular complexity index is 486. The van der Waals surface area contributed by atoms with Gasteiger partial charge in [-0.05, 0) is 17.7 Å². The number of aliphatic hydroxyl groups is 2. The number of aliphatic hydroxyl groups excluding tert-OH is 2. The topological polar surface area (TPSA) is 98.5 Å². The van der Waals surface area contributed by atoms with Crippen molar-refractivity contribution in [3.05, 3.63) is 40.8 Å². The second-order valence-electron chi connectivity index (χ2n) is 4.31. The van der Waals surface area contributed by atoms with Gasteiger partial charge in [0.15, 0.2) is 6.17 Å². The van der Waals surface area contributed by atoms with Crippen molar-refractivity contribution >= 4 is 11.8 Å². The molecule has 8 heteroatoms. The van der Waals surface area contributed by atoms with E-state index in [2.05, 4.69) is 10.0 Å². The highest BCUT2D eigenvalue weighted by Gasteiger charge is 2.44. The summed E-state index contributed by atoms with van der Waals surface area (Å²) in [7, 11) is 0. The quantitative estimate of drug-likeness (QED) is 0.503. The zero-order valence-electron chi connectivity index (χ0n) is 10.4. The van der Waals surface area contributed by atoms with Crippen LogP contribution >= 0.6 is 11.8 Å². The zero-order chi connectivity index (χ0) is 14.5. The summed E-state index contributed by atoms with van der Waals surface area (Å²) in [6.45, 7) is -0.184. The van der Waals surface area contributed by atoms with Crippen LogP contribution in [0.15, 0.2) is 40.3 Å². The molecule has 0 radical (unpaired) electrons. The molecule has 1 aliphatic rings. The van der Waals surface area contributed by atoms with Crippen LogP contribution in [-0.4, -0.2) is 46.7 Å². The number of thioether (sulfide) groups is 1. The Morgan fingerprint density at radius 1 is 1.30 bits per heavy atom. The molecule has 0 saturated carbocycles. The molecule has 0 aromatic heterocycles. The van der Waals surface area contributed by atoms with E-state index in [4.69, 9.17) is 10.3 Å². The van der Waals surface area contributed by atoms with Crippen LogP contribution in [0.5, 0.6) is 0 Å². The largest absolute Gasteiger partial charge is 0.387 e. The number of ether oxygens (including phenoxy) is 1. The molecule has 1 aromatic rings. The summed E-state index contributed by atoms with van der Waals surface area (Å²) in [5.74, 6) is 0. The normalized spacial score (nSPS) is 33.5. The first-order valence-electron chi connectivity index (χ1n) is 6.01. The SMILES string of the molecule is [N-]=[N+]=NCC1OC(Sc2ccccc2)C(O)C(F)C1O. The maximum Gasteiger partial charge on any atom is 0.158 e. The second kappa shape index (κ2) is 6.92. The Hall–Kier alpha value is -1.31. The van der Waals surface area contributed by atoms with E-state index in [0.29, 0.717) is 0 Å². The lowest BCUT2D eigenvalue weighted by atomic mass is 10.0. The molecule has 2 N–H and O–H groups in total. The number of alkyl halides is 1. The van der Waals surface area contributed by atoms with Crippen LogP contribution in [0.4, 0.5) is 4.39 Å². The van der Waals surface area contributed by atoms with Gasteiger partial charge in [-0.1, -0.05) is 35.1 Å². The fraction of sp³-hybridized carbons (Fsp3) is 0.500. The van der Waals surface area contributed by atoms with Gasteiger partial charge in [0, 0.05) is 9.81 Å². The predicted octanol–water partition coefficient (Wildman–Crippen LogP) is 1.87. The van der Waals surface area contributed by atoms with E-state index >= 15 is 0 Å². The fourth-order valence-electron chi connectivity index (χ4n) is 1.89. The summed E-state index contributed by atoms with van der Waals surface area (Å²) in [6, 6.07) is 9.09. The van der Waals surface area contributed by atoms with Crippen LogP contribution < -0.4 is 0 Å². The van der Waals surface area contributed by atoms with Gasteiger partial charge in [-0.2, -0.15) is 0 Å². The standard InChI is InChI=1S/C12H14FN3O3S/c13-9-10(17)8(6-15-16-14)19-12(11(9)18)20-7-4-2-1-3-5-7/h1-5,8-12,17-18H,6H2. The first kappa shape index (κ1) is 15.1. The molecule has 1 aromatic carbocycles. The van der Waals surface area contributed by atoms with Gasteiger partial charge in [-0.25, -0.2) is 4.39 Å². The van der Waals surface area contributed by atoms with E-state index in [9.17, 15) is 14.6 Å². The Kier molecular flexibility index (Phi) is 5.22. The first-order valence-corrected chi connectivity index (χ1v) is 6.89. The van der Waals surface area contributed by atoms with Gasteiger partial charge in [0.05, 0.1) is 12.6 Å². The minimum atomic E-state index is -1.84. The summed E-state index contributed by atoms with van der Waals surface area (Å²) in [5, 5.41) is 22.8. The molecule has 6 nitrogen and oxygen atoms in total. The summed E-state index contributed by atoms with van der Waals surface area (Å²) in [6.07, 6.45) is -5.77. The number of azide groups is 1. The average Bonchev–Trinajstić information content (AvgIpc) is 2.48. The maximum absolute atomic E-state index is 13.9. The molecule has 0 aliphatic carbocycles. The van der Waals surface area contributed by atoms with Crippen LogP contribution in [0.1, 0.15) is 0 Å². The number of hydrogen-bond acceptors (Lipinski definition) is 5. The Labute approximate surface area is 119 Å². The molecule has 108 valence electrons. The molecule has 5 atom stereocenters. The van der Waals surface area contributed by atoms with Crippen molar-refractivity contribution in [3.63, 3.8) is 0 Å². The lowest BCUT2D eigenvalue weighted by Gasteiger charge is -2.38. The van der Waals surface area contributed by atoms with Gasteiger partial charge >= 0.3 is 0 Å².